The van der Waals surface area contributed by atoms with Crippen LogP contribution in [0.4, 0.5) is 5.69 Å². The van der Waals surface area contributed by atoms with Gasteiger partial charge in [-0.25, -0.2) is 8.42 Å². The Bertz CT molecular complexity index is 1690. The zero-order chi connectivity index (χ0) is 31.8. The SMILES string of the molecule is Cc1ccccc1CN(C(=O)CN(c1ccc(I)cc1)S(=O)(=O)c1ccccc1)[C@@H](Cc1ccccc1)C(=O)NC1CCCC1. The molecule has 1 saturated carbocycles. The number of hydrogen-bond donors (Lipinski definition) is 1. The molecule has 1 atom stereocenters. The molecule has 234 valence electrons. The van der Waals surface area contributed by atoms with E-state index in [0.29, 0.717) is 12.1 Å². The standard InChI is InChI=1S/C36H38IN3O4S/c1-27-12-8-9-15-29(27)25-39(34(24-28-13-4-2-5-14-28)36(42)38-31-16-10-11-17-31)35(41)26-40(32-22-20-30(37)21-23-32)45(43,44)33-18-6-3-7-19-33/h2-9,12-15,18-23,31,34H,10-11,16-17,24-26H2,1H3,(H,38,42)/t34-/m0/s1. The van der Waals surface area contributed by atoms with Crippen LogP contribution in [0.5, 0.6) is 0 Å². The van der Waals surface area contributed by atoms with E-state index < -0.39 is 28.5 Å². The van der Waals surface area contributed by atoms with E-state index in [9.17, 15) is 18.0 Å². The van der Waals surface area contributed by atoms with E-state index in [1.807, 2.05) is 73.7 Å². The van der Waals surface area contributed by atoms with Crippen LogP contribution in [0.3, 0.4) is 0 Å². The number of benzene rings is 4. The number of hydrogen-bond acceptors (Lipinski definition) is 4. The Labute approximate surface area is 279 Å². The summed E-state index contributed by atoms with van der Waals surface area (Å²) in [5, 5.41) is 3.22. The second-order valence-corrected chi connectivity index (χ2v) is 14.6. The summed E-state index contributed by atoms with van der Waals surface area (Å²) in [6, 6.07) is 31.8. The fourth-order valence-corrected chi connectivity index (χ4v) is 7.54. The van der Waals surface area contributed by atoms with Crippen molar-refractivity contribution in [2.75, 3.05) is 10.8 Å². The number of aryl methyl sites for hydroxylation is 1. The summed E-state index contributed by atoms with van der Waals surface area (Å²) in [6.45, 7) is 1.67. The fraction of sp³-hybridized carbons (Fsp3) is 0.278. The quantitative estimate of drug-likeness (QED) is 0.169. The van der Waals surface area contributed by atoms with Gasteiger partial charge in [-0.15, -0.1) is 0 Å². The van der Waals surface area contributed by atoms with E-state index in [0.717, 1.165) is 50.2 Å². The lowest BCUT2D eigenvalue weighted by Crippen LogP contribution is -2.54. The molecule has 7 nitrogen and oxygen atoms in total. The molecular weight excluding hydrogens is 697 g/mol. The lowest BCUT2D eigenvalue weighted by Gasteiger charge is -2.34. The Morgan fingerprint density at radius 1 is 0.844 bits per heavy atom. The number of rotatable bonds is 12. The van der Waals surface area contributed by atoms with E-state index in [4.69, 9.17) is 0 Å². The zero-order valence-corrected chi connectivity index (χ0v) is 28.3. The summed E-state index contributed by atoms with van der Waals surface area (Å²) in [5.41, 5.74) is 3.16. The number of halogens is 1. The lowest BCUT2D eigenvalue weighted by atomic mass is 10.0. The Balaban J connectivity index is 1.56. The Kier molecular flexibility index (Phi) is 10.9. The van der Waals surface area contributed by atoms with E-state index in [1.54, 1.807) is 35.2 Å². The molecule has 1 aliphatic rings. The molecule has 0 heterocycles. The number of nitrogens with one attached hydrogen (secondary N) is 1. The van der Waals surface area contributed by atoms with Gasteiger partial charge in [0.15, 0.2) is 0 Å². The molecule has 1 aliphatic carbocycles. The van der Waals surface area contributed by atoms with E-state index >= 15 is 0 Å². The van der Waals surface area contributed by atoms with Crippen LogP contribution in [0.1, 0.15) is 42.4 Å². The minimum absolute atomic E-state index is 0.0629. The van der Waals surface area contributed by atoms with Crippen molar-refractivity contribution in [3.63, 3.8) is 0 Å². The molecule has 1 N–H and O–H groups in total. The van der Waals surface area contributed by atoms with Crippen molar-refractivity contribution < 1.29 is 18.0 Å². The molecule has 0 aliphatic heterocycles. The summed E-state index contributed by atoms with van der Waals surface area (Å²) in [4.78, 5) is 30.4. The molecule has 0 aromatic heterocycles. The predicted octanol–water partition coefficient (Wildman–Crippen LogP) is 6.49. The van der Waals surface area contributed by atoms with Crippen molar-refractivity contribution in [3.05, 3.63) is 129 Å². The van der Waals surface area contributed by atoms with Crippen molar-refractivity contribution in [3.8, 4) is 0 Å². The molecule has 2 amide bonds. The first-order valence-electron chi connectivity index (χ1n) is 15.2. The number of amides is 2. The van der Waals surface area contributed by atoms with Gasteiger partial charge < -0.3 is 10.2 Å². The average molecular weight is 736 g/mol. The summed E-state index contributed by atoms with van der Waals surface area (Å²) >= 11 is 2.16. The third-order valence-electron chi connectivity index (χ3n) is 8.30. The third kappa shape index (κ3) is 8.32. The fourth-order valence-electron chi connectivity index (χ4n) is 5.75. The molecule has 0 unspecified atom stereocenters. The highest BCUT2D eigenvalue weighted by Crippen LogP contribution is 2.26. The Morgan fingerprint density at radius 2 is 1.44 bits per heavy atom. The van der Waals surface area contributed by atoms with E-state index in [-0.39, 0.29) is 23.4 Å². The van der Waals surface area contributed by atoms with E-state index in [2.05, 4.69) is 27.9 Å². The largest absolute Gasteiger partial charge is 0.352 e. The van der Waals surface area contributed by atoms with Crippen LogP contribution in [0.2, 0.25) is 0 Å². The van der Waals surface area contributed by atoms with Gasteiger partial charge in [-0.05, 0) is 95.4 Å². The number of anilines is 1. The van der Waals surface area contributed by atoms with Gasteiger partial charge in [0.05, 0.1) is 10.6 Å². The van der Waals surface area contributed by atoms with Gasteiger partial charge in [-0.3, -0.25) is 13.9 Å². The Morgan fingerprint density at radius 3 is 2.09 bits per heavy atom. The number of carbonyl (C=O) groups excluding carboxylic acids is 2. The lowest BCUT2D eigenvalue weighted by molar-refractivity contribution is -0.140. The summed E-state index contributed by atoms with van der Waals surface area (Å²) in [6.07, 6.45) is 4.23. The van der Waals surface area contributed by atoms with Gasteiger partial charge in [0.2, 0.25) is 11.8 Å². The zero-order valence-electron chi connectivity index (χ0n) is 25.3. The van der Waals surface area contributed by atoms with Gasteiger partial charge in [-0.2, -0.15) is 0 Å². The van der Waals surface area contributed by atoms with Gasteiger partial charge >= 0.3 is 0 Å². The minimum atomic E-state index is -4.12. The molecule has 45 heavy (non-hydrogen) atoms. The number of carbonyl (C=O) groups is 2. The molecule has 4 aromatic carbocycles. The van der Waals surface area contributed by atoms with Crippen LogP contribution < -0.4 is 9.62 Å². The van der Waals surface area contributed by atoms with Crippen molar-refractivity contribution in [2.45, 2.75) is 62.6 Å². The Hall–Kier alpha value is -3.70. The molecule has 4 aromatic rings. The summed E-state index contributed by atoms with van der Waals surface area (Å²) in [5.74, 6) is -0.682. The highest BCUT2D eigenvalue weighted by Gasteiger charge is 2.35. The second-order valence-electron chi connectivity index (χ2n) is 11.4. The van der Waals surface area contributed by atoms with Gasteiger partial charge in [-0.1, -0.05) is 85.6 Å². The maximum atomic E-state index is 14.6. The third-order valence-corrected chi connectivity index (χ3v) is 10.8. The van der Waals surface area contributed by atoms with Crippen molar-refractivity contribution in [1.82, 2.24) is 10.2 Å². The van der Waals surface area contributed by atoms with E-state index in [1.165, 1.54) is 12.1 Å². The second kappa shape index (κ2) is 15.1. The molecule has 0 spiro atoms. The molecule has 0 radical (unpaired) electrons. The van der Waals surface area contributed by atoms with Crippen molar-refractivity contribution >= 4 is 50.1 Å². The van der Waals surface area contributed by atoms with Crippen LogP contribution in [0.25, 0.3) is 0 Å². The van der Waals surface area contributed by atoms with Crippen LogP contribution in [0, 0.1) is 10.5 Å². The molecule has 1 fully saturated rings. The molecular formula is C36H38IN3O4S. The molecule has 9 heteroatoms. The normalized spacial score (nSPS) is 14.1. The average Bonchev–Trinajstić information content (AvgIpc) is 3.56. The van der Waals surface area contributed by atoms with Gasteiger partial charge in [0.25, 0.3) is 10.0 Å². The maximum absolute atomic E-state index is 14.6. The van der Waals surface area contributed by atoms with Crippen LogP contribution >= 0.6 is 22.6 Å². The van der Waals surface area contributed by atoms with Crippen molar-refractivity contribution in [1.29, 1.82) is 0 Å². The molecule has 0 bridgehead atoms. The van der Waals surface area contributed by atoms with Gasteiger partial charge in [0.1, 0.15) is 12.6 Å². The predicted molar refractivity (Wildman–Crippen MR) is 186 cm³/mol. The van der Waals surface area contributed by atoms with Gasteiger partial charge in [0, 0.05) is 22.6 Å². The topological polar surface area (TPSA) is 86.8 Å². The number of nitrogens with zero attached hydrogens (tertiary/aromatic N) is 2. The summed E-state index contributed by atoms with van der Waals surface area (Å²) < 4.78 is 30.3. The summed E-state index contributed by atoms with van der Waals surface area (Å²) in [7, 11) is -4.12. The van der Waals surface area contributed by atoms with Crippen molar-refractivity contribution in [2.24, 2.45) is 0 Å². The molecule has 0 saturated heterocycles. The first-order chi connectivity index (χ1) is 21.7. The van der Waals surface area contributed by atoms with Crippen LogP contribution in [-0.4, -0.2) is 43.8 Å². The first-order valence-corrected chi connectivity index (χ1v) is 17.8. The first kappa shape index (κ1) is 32.7. The maximum Gasteiger partial charge on any atom is 0.264 e. The highest BCUT2D eigenvalue weighted by molar-refractivity contribution is 14.1. The monoisotopic (exact) mass is 735 g/mol. The smallest absolute Gasteiger partial charge is 0.264 e. The van der Waals surface area contributed by atoms with Crippen LogP contribution in [-0.2, 0) is 32.6 Å². The van der Waals surface area contributed by atoms with Crippen LogP contribution in [0.15, 0.2) is 114 Å². The molecule has 5 rings (SSSR count). The highest BCUT2D eigenvalue weighted by atomic mass is 127. The number of sulfonamides is 1. The minimum Gasteiger partial charge on any atom is -0.352 e.